The summed E-state index contributed by atoms with van der Waals surface area (Å²) in [5, 5.41) is 5.37. The molecule has 0 aliphatic rings. The number of pyridine rings is 2. The third-order valence-electron chi connectivity index (χ3n) is 3.72. The monoisotopic (exact) mass is 346 g/mol. The Kier molecular flexibility index (Phi) is 5.67. The molecule has 0 bridgehead atoms. The summed E-state index contributed by atoms with van der Waals surface area (Å²) in [7, 11) is 0. The normalized spacial score (nSPS) is 10.2. The zero-order valence-electron chi connectivity index (χ0n) is 14.1. The van der Waals surface area contributed by atoms with Gasteiger partial charge in [0, 0.05) is 48.0 Å². The third-order valence-corrected chi connectivity index (χ3v) is 3.72. The van der Waals surface area contributed by atoms with Crippen LogP contribution in [0.1, 0.15) is 15.9 Å². The lowest BCUT2D eigenvalue weighted by Gasteiger charge is -2.08. The highest BCUT2D eigenvalue weighted by molar-refractivity contribution is 5.96. The summed E-state index contributed by atoms with van der Waals surface area (Å²) in [5.74, 6) is -0.540. The van der Waals surface area contributed by atoms with E-state index in [0.717, 1.165) is 16.7 Å². The predicted octanol–water partition coefficient (Wildman–Crippen LogP) is 2.19. The van der Waals surface area contributed by atoms with Gasteiger partial charge in [-0.15, -0.1) is 0 Å². The molecule has 0 saturated heterocycles. The first-order valence-corrected chi connectivity index (χ1v) is 8.16. The molecule has 3 aromatic rings. The minimum atomic E-state index is -0.277. The second-order valence-electron chi connectivity index (χ2n) is 5.65. The van der Waals surface area contributed by atoms with E-state index in [-0.39, 0.29) is 18.4 Å². The molecule has 0 saturated carbocycles. The van der Waals surface area contributed by atoms with E-state index < -0.39 is 0 Å². The SMILES string of the molecule is O=C(CNC(=O)c1ccccc1)NCc1cncc(-c2cccnc2)c1. The van der Waals surface area contributed by atoms with Crippen LogP contribution in [-0.4, -0.2) is 28.3 Å². The molecule has 0 aliphatic heterocycles. The summed E-state index contributed by atoms with van der Waals surface area (Å²) in [6.07, 6.45) is 6.92. The number of carbonyl (C=O) groups excluding carboxylic acids is 2. The number of hydrogen-bond acceptors (Lipinski definition) is 4. The van der Waals surface area contributed by atoms with E-state index in [1.165, 1.54) is 0 Å². The summed E-state index contributed by atoms with van der Waals surface area (Å²) in [4.78, 5) is 32.2. The first-order valence-electron chi connectivity index (χ1n) is 8.16. The van der Waals surface area contributed by atoms with Crippen LogP contribution in [0.25, 0.3) is 11.1 Å². The number of hydrogen-bond donors (Lipinski definition) is 2. The first-order chi connectivity index (χ1) is 12.7. The van der Waals surface area contributed by atoms with Crippen LogP contribution in [0.4, 0.5) is 0 Å². The molecular weight excluding hydrogens is 328 g/mol. The molecule has 2 N–H and O–H groups in total. The zero-order chi connectivity index (χ0) is 18.2. The van der Waals surface area contributed by atoms with Crippen molar-refractivity contribution in [1.82, 2.24) is 20.6 Å². The molecule has 0 radical (unpaired) electrons. The van der Waals surface area contributed by atoms with Crippen LogP contribution in [0, 0.1) is 0 Å². The highest BCUT2D eigenvalue weighted by Crippen LogP contribution is 2.17. The second-order valence-corrected chi connectivity index (χ2v) is 5.65. The highest BCUT2D eigenvalue weighted by Gasteiger charge is 2.07. The Balaban J connectivity index is 1.51. The lowest BCUT2D eigenvalue weighted by Crippen LogP contribution is -2.36. The van der Waals surface area contributed by atoms with Gasteiger partial charge in [-0.25, -0.2) is 0 Å². The van der Waals surface area contributed by atoms with Crippen molar-refractivity contribution >= 4 is 11.8 Å². The predicted molar refractivity (Wildman–Crippen MR) is 98.1 cm³/mol. The Morgan fingerprint density at radius 1 is 0.846 bits per heavy atom. The molecule has 0 fully saturated rings. The highest BCUT2D eigenvalue weighted by atomic mass is 16.2. The molecule has 2 amide bonds. The number of aromatic nitrogens is 2. The van der Waals surface area contributed by atoms with Crippen LogP contribution in [0.3, 0.4) is 0 Å². The van der Waals surface area contributed by atoms with Crippen LogP contribution >= 0.6 is 0 Å². The molecule has 0 spiro atoms. The summed E-state index contributed by atoms with van der Waals surface area (Å²) in [6.45, 7) is 0.255. The van der Waals surface area contributed by atoms with Crippen molar-refractivity contribution in [1.29, 1.82) is 0 Å². The van der Waals surface area contributed by atoms with Gasteiger partial charge < -0.3 is 10.6 Å². The average molecular weight is 346 g/mol. The standard InChI is InChI=1S/C20H18N4O2/c25-19(14-24-20(26)16-5-2-1-3-6-16)23-11-15-9-18(13-22-10-15)17-7-4-8-21-12-17/h1-10,12-13H,11,14H2,(H,23,25)(H,24,26). The van der Waals surface area contributed by atoms with Crippen molar-refractivity contribution in [2.75, 3.05) is 6.54 Å². The van der Waals surface area contributed by atoms with Crippen molar-refractivity contribution in [3.8, 4) is 11.1 Å². The summed E-state index contributed by atoms with van der Waals surface area (Å²) in [5.41, 5.74) is 3.29. The Labute approximate surface area is 151 Å². The zero-order valence-corrected chi connectivity index (χ0v) is 14.1. The van der Waals surface area contributed by atoms with E-state index in [4.69, 9.17) is 0 Å². The van der Waals surface area contributed by atoms with Gasteiger partial charge in [0.25, 0.3) is 5.91 Å². The number of rotatable bonds is 6. The van der Waals surface area contributed by atoms with Crippen molar-refractivity contribution in [2.24, 2.45) is 0 Å². The van der Waals surface area contributed by atoms with E-state index in [1.807, 2.05) is 24.3 Å². The molecule has 6 nitrogen and oxygen atoms in total. The van der Waals surface area contributed by atoms with Crippen LogP contribution < -0.4 is 10.6 Å². The lowest BCUT2D eigenvalue weighted by atomic mass is 10.1. The molecule has 0 atom stereocenters. The quantitative estimate of drug-likeness (QED) is 0.717. The smallest absolute Gasteiger partial charge is 0.251 e. The van der Waals surface area contributed by atoms with Gasteiger partial charge in [0.1, 0.15) is 0 Å². The van der Waals surface area contributed by atoms with Crippen molar-refractivity contribution in [3.05, 3.63) is 84.4 Å². The summed E-state index contributed by atoms with van der Waals surface area (Å²) >= 11 is 0. The van der Waals surface area contributed by atoms with Crippen LogP contribution in [0.2, 0.25) is 0 Å². The van der Waals surface area contributed by atoms with Crippen LogP contribution in [0.15, 0.2) is 73.3 Å². The number of carbonyl (C=O) groups is 2. The average Bonchev–Trinajstić information content (AvgIpc) is 2.72. The number of nitrogens with one attached hydrogen (secondary N) is 2. The maximum atomic E-state index is 12.0. The fourth-order valence-electron chi connectivity index (χ4n) is 2.39. The van der Waals surface area contributed by atoms with Gasteiger partial charge in [-0.1, -0.05) is 24.3 Å². The molecule has 26 heavy (non-hydrogen) atoms. The Morgan fingerprint density at radius 2 is 1.65 bits per heavy atom. The van der Waals surface area contributed by atoms with Gasteiger partial charge in [-0.05, 0) is 29.8 Å². The molecule has 130 valence electrons. The third kappa shape index (κ3) is 4.73. The Morgan fingerprint density at radius 3 is 2.42 bits per heavy atom. The maximum absolute atomic E-state index is 12.0. The van der Waals surface area contributed by atoms with Crippen LogP contribution in [-0.2, 0) is 11.3 Å². The minimum absolute atomic E-state index is 0.0799. The fraction of sp³-hybridized carbons (Fsp3) is 0.100. The van der Waals surface area contributed by atoms with Crippen LogP contribution in [0.5, 0.6) is 0 Å². The molecule has 6 heteroatoms. The second kappa shape index (κ2) is 8.53. The molecule has 1 aromatic carbocycles. The Bertz CT molecular complexity index is 883. The van der Waals surface area contributed by atoms with E-state index in [2.05, 4.69) is 20.6 Å². The molecule has 0 aliphatic carbocycles. The molecular formula is C20H18N4O2. The molecule has 2 heterocycles. The molecule has 3 rings (SSSR count). The van der Waals surface area contributed by atoms with Gasteiger partial charge >= 0.3 is 0 Å². The maximum Gasteiger partial charge on any atom is 0.251 e. The molecule has 0 unspecified atom stereocenters. The largest absolute Gasteiger partial charge is 0.350 e. The lowest BCUT2D eigenvalue weighted by molar-refractivity contribution is -0.120. The first kappa shape index (κ1) is 17.3. The van der Waals surface area contributed by atoms with Gasteiger partial charge in [0.15, 0.2) is 0 Å². The summed E-state index contributed by atoms with van der Waals surface area (Å²) < 4.78 is 0. The fourth-order valence-corrected chi connectivity index (χ4v) is 2.39. The van der Waals surface area contributed by atoms with E-state index in [1.54, 1.807) is 49.1 Å². The Hall–Kier alpha value is -3.54. The number of benzene rings is 1. The minimum Gasteiger partial charge on any atom is -0.350 e. The van der Waals surface area contributed by atoms with Gasteiger partial charge in [0.05, 0.1) is 6.54 Å². The van der Waals surface area contributed by atoms with Crippen molar-refractivity contribution in [2.45, 2.75) is 6.54 Å². The van der Waals surface area contributed by atoms with E-state index in [9.17, 15) is 9.59 Å². The van der Waals surface area contributed by atoms with Gasteiger partial charge in [0.2, 0.25) is 5.91 Å². The number of nitrogens with zero attached hydrogens (tertiary/aromatic N) is 2. The van der Waals surface area contributed by atoms with Crippen molar-refractivity contribution < 1.29 is 9.59 Å². The van der Waals surface area contributed by atoms with Gasteiger partial charge in [-0.3, -0.25) is 19.6 Å². The summed E-state index contributed by atoms with van der Waals surface area (Å²) in [6, 6.07) is 14.5. The van der Waals surface area contributed by atoms with Gasteiger partial charge in [-0.2, -0.15) is 0 Å². The van der Waals surface area contributed by atoms with E-state index >= 15 is 0 Å². The van der Waals surface area contributed by atoms with Crippen molar-refractivity contribution in [3.63, 3.8) is 0 Å². The number of amides is 2. The molecule has 2 aromatic heterocycles. The van der Waals surface area contributed by atoms with E-state index in [0.29, 0.717) is 12.1 Å². The topological polar surface area (TPSA) is 84.0 Å².